The summed E-state index contributed by atoms with van der Waals surface area (Å²) < 4.78 is 0. The maximum absolute atomic E-state index is 6.43. The van der Waals surface area contributed by atoms with Crippen LogP contribution >= 0.6 is 18.5 Å². The van der Waals surface area contributed by atoms with Crippen LogP contribution in [-0.2, 0) is 0 Å². The first-order valence-corrected chi connectivity index (χ1v) is 6.78. The van der Waals surface area contributed by atoms with Crippen LogP contribution in [0.3, 0.4) is 0 Å². The van der Waals surface area contributed by atoms with Crippen molar-refractivity contribution in [3.05, 3.63) is 0 Å². The van der Waals surface area contributed by atoms with Crippen LogP contribution in [0.15, 0.2) is 0 Å². The summed E-state index contributed by atoms with van der Waals surface area (Å²) in [5.41, 5.74) is 0.853. The molecule has 1 fully saturated rings. The normalized spacial score (nSPS) is 24.0. The summed E-state index contributed by atoms with van der Waals surface area (Å²) in [7, 11) is -0.251. The molecule has 0 aromatic heterocycles. The molecule has 0 N–H and O–H groups in total. The summed E-state index contributed by atoms with van der Waals surface area (Å²) in [5.74, 6) is 0. The summed E-state index contributed by atoms with van der Waals surface area (Å²) in [6.45, 7) is 6.80. The van der Waals surface area contributed by atoms with Gasteiger partial charge in [-0.05, 0) is 30.9 Å². The van der Waals surface area contributed by atoms with Crippen molar-refractivity contribution < 1.29 is 0 Å². The Bertz CT molecular complexity index is 122. The Morgan fingerprint density at radius 3 is 2.00 bits per heavy atom. The third-order valence-electron chi connectivity index (χ3n) is 2.29. The molecular weight excluding hydrogens is 175 g/mol. The lowest BCUT2D eigenvalue weighted by molar-refractivity contribution is 0.762. The van der Waals surface area contributed by atoms with E-state index in [1.54, 1.807) is 0 Å². The maximum atomic E-state index is 6.43. The minimum atomic E-state index is -0.251. The average molecular weight is 193 g/mol. The Hall–Kier alpha value is 0.720. The minimum Gasteiger partial charge on any atom is -0.0956 e. The van der Waals surface area contributed by atoms with Crippen molar-refractivity contribution in [2.45, 2.75) is 57.3 Å². The van der Waals surface area contributed by atoms with Crippen molar-refractivity contribution >= 4 is 18.5 Å². The standard InChI is InChI=1S/C9H18ClP/c1-9(2,3)11(10)8-6-4-5-7-8/h8H,4-7H2,1-3H3. The topological polar surface area (TPSA) is 0 Å². The Balaban J connectivity index is 2.46. The van der Waals surface area contributed by atoms with Crippen molar-refractivity contribution in [3.8, 4) is 0 Å². The molecule has 0 heterocycles. The summed E-state index contributed by atoms with van der Waals surface area (Å²) in [4.78, 5) is 0. The smallest absolute Gasteiger partial charge is 0.00107 e. The van der Waals surface area contributed by atoms with E-state index in [-0.39, 0.29) is 7.27 Å². The molecule has 1 rings (SSSR count). The molecule has 1 aliphatic rings. The molecule has 0 spiro atoms. The molecule has 0 aromatic rings. The zero-order valence-corrected chi connectivity index (χ0v) is 9.38. The monoisotopic (exact) mass is 192 g/mol. The fraction of sp³-hybridized carbons (Fsp3) is 1.00. The molecule has 1 aliphatic carbocycles. The summed E-state index contributed by atoms with van der Waals surface area (Å²) >= 11 is 6.43. The lowest BCUT2D eigenvalue weighted by atomic mass is 10.3. The number of rotatable bonds is 1. The van der Waals surface area contributed by atoms with Crippen LogP contribution in [0.1, 0.15) is 46.5 Å². The van der Waals surface area contributed by atoms with Gasteiger partial charge in [-0.3, -0.25) is 0 Å². The molecule has 2 heteroatoms. The third-order valence-corrected chi connectivity index (χ3v) is 7.07. The minimum absolute atomic E-state index is 0.251. The summed E-state index contributed by atoms with van der Waals surface area (Å²) in [6.07, 6.45) is 5.58. The average Bonchev–Trinajstić information content (AvgIpc) is 2.34. The van der Waals surface area contributed by atoms with Gasteiger partial charge in [0, 0.05) is 0 Å². The maximum Gasteiger partial charge on any atom is -0.00107 e. The number of halogens is 1. The van der Waals surface area contributed by atoms with Gasteiger partial charge < -0.3 is 0 Å². The van der Waals surface area contributed by atoms with E-state index in [1.807, 2.05) is 0 Å². The number of hydrogen-bond donors (Lipinski definition) is 0. The van der Waals surface area contributed by atoms with E-state index in [9.17, 15) is 0 Å². The van der Waals surface area contributed by atoms with E-state index in [4.69, 9.17) is 11.2 Å². The second-order valence-corrected chi connectivity index (χ2v) is 8.21. The molecule has 0 aliphatic heterocycles. The number of hydrogen-bond acceptors (Lipinski definition) is 0. The second-order valence-electron chi connectivity index (χ2n) is 4.42. The molecule has 0 radical (unpaired) electrons. The summed E-state index contributed by atoms with van der Waals surface area (Å²) in [6, 6.07) is 0. The summed E-state index contributed by atoms with van der Waals surface area (Å²) in [5, 5.41) is 0.353. The lowest BCUT2D eigenvalue weighted by Crippen LogP contribution is -2.14. The Morgan fingerprint density at radius 2 is 1.64 bits per heavy atom. The highest BCUT2D eigenvalue weighted by Crippen LogP contribution is 2.61. The Labute approximate surface area is 76.2 Å². The predicted molar refractivity (Wildman–Crippen MR) is 54.8 cm³/mol. The first kappa shape index (κ1) is 9.81. The molecular formula is C9H18ClP. The molecule has 1 unspecified atom stereocenters. The van der Waals surface area contributed by atoms with E-state index < -0.39 is 0 Å². The van der Waals surface area contributed by atoms with E-state index in [2.05, 4.69) is 20.8 Å². The van der Waals surface area contributed by atoms with Gasteiger partial charge in [-0.25, -0.2) is 0 Å². The van der Waals surface area contributed by atoms with Gasteiger partial charge in [0.15, 0.2) is 0 Å². The third kappa shape index (κ3) is 2.60. The van der Waals surface area contributed by atoms with Gasteiger partial charge in [0.05, 0.1) is 0 Å². The second kappa shape index (κ2) is 3.62. The largest absolute Gasteiger partial charge is 0.0956 e. The van der Waals surface area contributed by atoms with Crippen molar-refractivity contribution in [1.82, 2.24) is 0 Å². The molecule has 11 heavy (non-hydrogen) atoms. The lowest BCUT2D eigenvalue weighted by Gasteiger charge is -2.30. The molecule has 0 bridgehead atoms. The van der Waals surface area contributed by atoms with Crippen LogP contribution in [0.4, 0.5) is 0 Å². The van der Waals surface area contributed by atoms with Gasteiger partial charge in [0.1, 0.15) is 0 Å². The van der Waals surface area contributed by atoms with Gasteiger partial charge in [0.25, 0.3) is 0 Å². The molecule has 0 nitrogen and oxygen atoms in total. The van der Waals surface area contributed by atoms with Crippen molar-refractivity contribution in [1.29, 1.82) is 0 Å². The van der Waals surface area contributed by atoms with Crippen molar-refractivity contribution in [3.63, 3.8) is 0 Å². The van der Waals surface area contributed by atoms with Crippen LogP contribution in [0.2, 0.25) is 0 Å². The molecule has 0 saturated heterocycles. The first-order valence-electron chi connectivity index (χ1n) is 4.47. The van der Waals surface area contributed by atoms with Crippen LogP contribution in [0.5, 0.6) is 0 Å². The molecule has 1 saturated carbocycles. The van der Waals surface area contributed by atoms with Gasteiger partial charge >= 0.3 is 0 Å². The van der Waals surface area contributed by atoms with Crippen LogP contribution in [0.25, 0.3) is 0 Å². The van der Waals surface area contributed by atoms with E-state index in [0.29, 0.717) is 5.16 Å². The van der Waals surface area contributed by atoms with Gasteiger partial charge in [-0.15, -0.1) is 0 Å². The van der Waals surface area contributed by atoms with Gasteiger partial charge in [-0.1, -0.05) is 44.9 Å². The highest BCUT2D eigenvalue weighted by atomic mass is 35.7. The highest BCUT2D eigenvalue weighted by molar-refractivity contribution is 7.85. The van der Waals surface area contributed by atoms with Crippen LogP contribution in [0, 0.1) is 0 Å². The van der Waals surface area contributed by atoms with Gasteiger partial charge in [0.2, 0.25) is 0 Å². The van der Waals surface area contributed by atoms with E-state index >= 15 is 0 Å². The molecule has 0 amide bonds. The van der Waals surface area contributed by atoms with Crippen molar-refractivity contribution in [2.75, 3.05) is 0 Å². The predicted octanol–water partition coefficient (Wildman–Crippen LogP) is 4.36. The fourth-order valence-electron chi connectivity index (χ4n) is 1.68. The van der Waals surface area contributed by atoms with Gasteiger partial charge in [-0.2, -0.15) is 0 Å². The van der Waals surface area contributed by atoms with Crippen LogP contribution < -0.4 is 0 Å². The van der Waals surface area contributed by atoms with Crippen LogP contribution in [-0.4, -0.2) is 10.8 Å². The zero-order valence-electron chi connectivity index (χ0n) is 7.73. The quantitative estimate of drug-likeness (QED) is 0.542. The Morgan fingerprint density at radius 1 is 1.18 bits per heavy atom. The van der Waals surface area contributed by atoms with E-state index in [1.165, 1.54) is 25.7 Å². The Kier molecular flexibility index (Phi) is 3.23. The SMILES string of the molecule is CC(C)(C)P(Cl)C1CCCC1. The van der Waals surface area contributed by atoms with Crippen molar-refractivity contribution in [2.24, 2.45) is 0 Å². The van der Waals surface area contributed by atoms with E-state index in [0.717, 1.165) is 5.66 Å². The molecule has 66 valence electrons. The molecule has 0 aromatic carbocycles. The highest BCUT2D eigenvalue weighted by Gasteiger charge is 2.31. The molecule has 1 atom stereocenters. The zero-order chi connectivity index (χ0) is 8.48. The fourth-order valence-corrected chi connectivity index (χ4v) is 4.18. The first-order chi connectivity index (χ1) is 5.02.